The van der Waals surface area contributed by atoms with Crippen LogP contribution in [0.4, 0.5) is 26.2 Å². The average molecular weight is 616 g/mol. The van der Waals surface area contributed by atoms with Crippen LogP contribution in [0.25, 0.3) is 10.9 Å². The molecular formula is C33H34FN5O6. The molecule has 45 heavy (non-hydrogen) atoms. The molecule has 11 nitrogen and oxygen atoms in total. The fraction of sp³-hybridized carbons (Fsp3) is 0.273. The van der Waals surface area contributed by atoms with Crippen LogP contribution < -0.4 is 29.3 Å². The van der Waals surface area contributed by atoms with Gasteiger partial charge in [-0.05, 0) is 62.4 Å². The van der Waals surface area contributed by atoms with Crippen molar-refractivity contribution in [2.75, 3.05) is 50.0 Å². The van der Waals surface area contributed by atoms with E-state index in [1.54, 1.807) is 75.6 Å². The van der Waals surface area contributed by atoms with Gasteiger partial charge in [0.05, 0.1) is 36.8 Å². The summed E-state index contributed by atoms with van der Waals surface area (Å²) < 4.78 is 30.7. The molecule has 1 atom stereocenters. The first-order valence-corrected chi connectivity index (χ1v) is 14.2. The minimum Gasteiger partial charge on any atom is -0.493 e. The van der Waals surface area contributed by atoms with Crippen LogP contribution in [0.1, 0.15) is 13.8 Å². The standard InChI is InChI=1S/C33H34FN5O6/c1-19(2)38-18-24(32(41)39(33(38)42)21-9-7-20(34)8-10-21)31(40)36-25-12-11-22(15-27(25)37(3)4)45-28-13-14-35-26-17-30(44-6)29(43-5)16-23(26)28/h7-17,19,24H,18H2,1-6H3,(H,36,40). The number of benzene rings is 3. The van der Waals surface area contributed by atoms with Gasteiger partial charge >= 0.3 is 6.03 Å². The number of ether oxygens (including phenoxy) is 3. The summed E-state index contributed by atoms with van der Waals surface area (Å²) in [6.07, 6.45) is 1.63. The summed E-state index contributed by atoms with van der Waals surface area (Å²) in [5, 5.41) is 3.59. The van der Waals surface area contributed by atoms with Gasteiger partial charge in [-0.2, -0.15) is 0 Å². The van der Waals surface area contributed by atoms with E-state index in [0.717, 1.165) is 17.0 Å². The predicted molar refractivity (Wildman–Crippen MR) is 169 cm³/mol. The lowest BCUT2D eigenvalue weighted by atomic mass is 10.0. The Labute approximate surface area is 260 Å². The number of urea groups is 1. The Morgan fingerprint density at radius 2 is 1.67 bits per heavy atom. The fourth-order valence-corrected chi connectivity index (χ4v) is 5.12. The Kier molecular flexibility index (Phi) is 8.75. The number of anilines is 3. The maximum atomic E-state index is 13.7. The zero-order valence-electron chi connectivity index (χ0n) is 25.8. The monoisotopic (exact) mass is 615 g/mol. The van der Waals surface area contributed by atoms with E-state index < -0.39 is 29.6 Å². The summed E-state index contributed by atoms with van der Waals surface area (Å²) in [4.78, 5) is 49.1. The number of nitrogens with zero attached hydrogens (tertiary/aromatic N) is 4. The van der Waals surface area contributed by atoms with Crippen molar-refractivity contribution < 1.29 is 33.0 Å². The number of amides is 4. The second-order valence-electron chi connectivity index (χ2n) is 10.9. The SMILES string of the molecule is COc1cc2nccc(Oc3ccc(NC(=O)C4CN(C(C)C)C(=O)N(c5ccc(F)cc5)C4=O)c(N(C)C)c3)c2cc1OC. The maximum absolute atomic E-state index is 13.7. The molecule has 2 heterocycles. The lowest BCUT2D eigenvalue weighted by Gasteiger charge is -2.40. The van der Waals surface area contributed by atoms with Crippen molar-refractivity contribution >= 4 is 45.8 Å². The van der Waals surface area contributed by atoms with Gasteiger partial charge in [0.15, 0.2) is 11.5 Å². The van der Waals surface area contributed by atoms with Crippen LogP contribution in [0.15, 0.2) is 66.9 Å². The minimum atomic E-state index is -1.20. The summed E-state index contributed by atoms with van der Waals surface area (Å²) in [6, 6.07) is 14.6. The van der Waals surface area contributed by atoms with E-state index in [2.05, 4.69) is 10.3 Å². The highest BCUT2D eigenvalue weighted by Gasteiger charge is 2.44. The number of imide groups is 1. The van der Waals surface area contributed by atoms with Crippen LogP contribution in [0.2, 0.25) is 0 Å². The molecule has 1 fully saturated rings. The third kappa shape index (κ3) is 6.17. The molecule has 1 aliphatic heterocycles. The second kappa shape index (κ2) is 12.7. The normalized spacial score (nSPS) is 15.0. The van der Waals surface area contributed by atoms with Crippen LogP contribution >= 0.6 is 0 Å². The van der Waals surface area contributed by atoms with E-state index in [0.29, 0.717) is 45.3 Å². The van der Waals surface area contributed by atoms with E-state index in [1.807, 2.05) is 14.1 Å². The van der Waals surface area contributed by atoms with Crippen molar-refractivity contribution in [3.05, 3.63) is 72.7 Å². The Bertz CT molecular complexity index is 1760. The minimum absolute atomic E-state index is 0.0965. The number of aromatic nitrogens is 1. The zero-order valence-corrected chi connectivity index (χ0v) is 25.8. The van der Waals surface area contributed by atoms with Crippen LogP contribution in [-0.4, -0.2) is 68.6 Å². The molecule has 4 aromatic rings. The summed E-state index contributed by atoms with van der Waals surface area (Å²) in [5.74, 6) is -0.873. The van der Waals surface area contributed by atoms with Gasteiger partial charge in [-0.3, -0.25) is 14.6 Å². The third-order valence-corrected chi connectivity index (χ3v) is 7.50. The largest absolute Gasteiger partial charge is 0.493 e. The number of carbonyl (C=O) groups excluding carboxylic acids is 3. The summed E-state index contributed by atoms with van der Waals surface area (Å²) in [5.41, 5.74) is 1.90. The molecule has 0 aliphatic carbocycles. The number of hydrogen-bond acceptors (Lipinski definition) is 8. The Morgan fingerprint density at radius 1 is 0.978 bits per heavy atom. The smallest absolute Gasteiger partial charge is 0.331 e. The number of carbonyl (C=O) groups is 3. The van der Waals surface area contributed by atoms with Crippen molar-refractivity contribution in [1.82, 2.24) is 9.88 Å². The van der Waals surface area contributed by atoms with E-state index in [-0.39, 0.29) is 18.3 Å². The van der Waals surface area contributed by atoms with Gasteiger partial charge in [0, 0.05) is 50.4 Å². The quantitative estimate of drug-likeness (QED) is 0.239. The van der Waals surface area contributed by atoms with Crippen molar-refractivity contribution in [3.8, 4) is 23.0 Å². The Morgan fingerprint density at radius 3 is 2.31 bits per heavy atom. The van der Waals surface area contributed by atoms with E-state index in [1.165, 1.54) is 17.0 Å². The Balaban J connectivity index is 1.42. The van der Waals surface area contributed by atoms with Crippen LogP contribution in [0, 0.1) is 11.7 Å². The first-order chi connectivity index (χ1) is 21.5. The molecule has 0 bridgehead atoms. The number of fused-ring (bicyclic) bond motifs is 1. The molecule has 3 aromatic carbocycles. The average Bonchev–Trinajstić information content (AvgIpc) is 3.01. The lowest BCUT2D eigenvalue weighted by molar-refractivity contribution is -0.132. The number of pyridine rings is 1. The topological polar surface area (TPSA) is 114 Å². The van der Waals surface area contributed by atoms with Crippen molar-refractivity contribution in [1.29, 1.82) is 0 Å². The van der Waals surface area contributed by atoms with Crippen LogP contribution in [-0.2, 0) is 9.59 Å². The second-order valence-corrected chi connectivity index (χ2v) is 10.9. The number of rotatable bonds is 9. The van der Waals surface area contributed by atoms with Gasteiger partial charge in [-0.1, -0.05) is 0 Å². The van der Waals surface area contributed by atoms with Crippen molar-refractivity contribution in [2.24, 2.45) is 5.92 Å². The highest BCUT2D eigenvalue weighted by atomic mass is 19.1. The van der Waals surface area contributed by atoms with E-state index in [4.69, 9.17) is 14.2 Å². The lowest BCUT2D eigenvalue weighted by Crippen LogP contribution is -2.61. The summed E-state index contributed by atoms with van der Waals surface area (Å²) in [7, 11) is 6.74. The first-order valence-electron chi connectivity index (χ1n) is 14.2. The molecule has 1 aromatic heterocycles. The molecular weight excluding hydrogens is 581 g/mol. The van der Waals surface area contributed by atoms with E-state index in [9.17, 15) is 18.8 Å². The summed E-state index contributed by atoms with van der Waals surface area (Å²) >= 11 is 0. The molecule has 1 N–H and O–H groups in total. The van der Waals surface area contributed by atoms with Crippen LogP contribution in [0.3, 0.4) is 0 Å². The van der Waals surface area contributed by atoms with Gasteiger partial charge in [0.2, 0.25) is 11.8 Å². The number of methoxy groups -OCH3 is 2. The highest BCUT2D eigenvalue weighted by Crippen LogP contribution is 2.38. The molecule has 4 amide bonds. The molecule has 0 radical (unpaired) electrons. The maximum Gasteiger partial charge on any atom is 0.331 e. The summed E-state index contributed by atoms with van der Waals surface area (Å²) in [6.45, 7) is 3.50. The van der Waals surface area contributed by atoms with Gasteiger partial charge in [-0.25, -0.2) is 14.1 Å². The fourth-order valence-electron chi connectivity index (χ4n) is 5.12. The number of hydrogen-bond donors (Lipinski definition) is 1. The molecule has 0 saturated carbocycles. The van der Waals surface area contributed by atoms with Crippen LogP contribution in [0.5, 0.6) is 23.0 Å². The molecule has 234 valence electrons. The van der Waals surface area contributed by atoms with E-state index >= 15 is 0 Å². The van der Waals surface area contributed by atoms with Crippen molar-refractivity contribution in [3.63, 3.8) is 0 Å². The number of nitrogens with one attached hydrogen (secondary N) is 1. The zero-order chi connectivity index (χ0) is 32.4. The predicted octanol–water partition coefficient (Wildman–Crippen LogP) is 5.68. The first kappa shape index (κ1) is 31.0. The molecule has 5 rings (SSSR count). The molecule has 1 aliphatic rings. The molecule has 1 saturated heterocycles. The third-order valence-electron chi connectivity index (χ3n) is 7.50. The van der Waals surface area contributed by atoms with Gasteiger partial charge in [-0.15, -0.1) is 0 Å². The number of halogens is 1. The molecule has 12 heteroatoms. The molecule has 0 spiro atoms. The highest BCUT2D eigenvalue weighted by molar-refractivity contribution is 6.23. The van der Waals surface area contributed by atoms with Gasteiger partial charge in [0.1, 0.15) is 23.2 Å². The van der Waals surface area contributed by atoms with Gasteiger partial charge < -0.3 is 29.3 Å². The Hall–Kier alpha value is -5.39. The van der Waals surface area contributed by atoms with Gasteiger partial charge in [0.25, 0.3) is 0 Å². The van der Waals surface area contributed by atoms with Crippen molar-refractivity contribution in [2.45, 2.75) is 19.9 Å². The molecule has 1 unspecified atom stereocenters.